The van der Waals surface area contributed by atoms with Crippen molar-refractivity contribution in [1.82, 2.24) is 4.90 Å². The van der Waals surface area contributed by atoms with Crippen LogP contribution in [0.2, 0.25) is 0 Å². The van der Waals surface area contributed by atoms with Gasteiger partial charge >= 0.3 is 0 Å². The lowest BCUT2D eigenvalue weighted by Gasteiger charge is -2.30. The molecule has 14 heavy (non-hydrogen) atoms. The normalized spacial score (nSPS) is 29.8. The molecule has 3 unspecified atom stereocenters. The third-order valence-electron chi connectivity index (χ3n) is 3.40. The molecule has 0 saturated heterocycles. The first-order chi connectivity index (χ1) is 6.69. The lowest BCUT2D eigenvalue weighted by molar-refractivity contribution is 0.142. The van der Waals surface area contributed by atoms with E-state index < -0.39 is 0 Å². The van der Waals surface area contributed by atoms with Gasteiger partial charge in [-0.2, -0.15) is 0 Å². The van der Waals surface area contributed by atoms with Gasteiger partial charge in [-0.15, -0.1) is 0 Å². The molecule has 3 heteroatoms. The van der Waals surface area contributed by atoms with E-state index in [1.807, 2.05) is 0 Å². The van der Waals surface area contributed by atoms with Crippen LogP contribution in [0.5, 0.6) is 0 Å². The Kier molecular flexibility index (Phi) is 4.85. The maximum absolute atomic E-state index is 9.00. The number of nitrogens with two attached hydrogens (primary N) is 1. The SMILES string of the molecule is CC(CO)CN(C)C1CCCC1CN. The van der Waals surface area contributed by atoms with E-state index in [2.05, 4.69) is 18.9 Å². The molecule has 1 aliphatic rings. The lowest BCUT2D eigenvalue weighted by atomic mass is 10.0. The van der Waals surface area contributed by atoms with Gasteiger partial charge < -0.3 is 15.7 Å². The van der Waals surface area contributed by atoms with Crippen molar-refractivity contribution in [3.8, 4) is 0 Å². The summed E-state index contributed by atoms with van der Waals surface area (Å²) in [6, 6.07) is 0.647. The Labute approximate surface area is 87.3 Å². The fourth-order valence-corrected chi connectivity index (χ4v) is 2.56. The van der Waals surface area contributed by atoms with Crippen molar-refractivity contribution in [2.45, 2.75) is 32.2 Å². The zero-order chi connectivity index (χ0) is 10.6. The zero-order valence-corrected chi connectivity index (χ0v) is 9.45. The van der Waals surface area contributed by atoms with E-state index in [1.54, 1.807) is 0 Å². The highest BCUT2D eigenvalue weighted by Crippen LogP contribution is 2.28. The van der Waals surface area contributed by atoms with Crippen LogP contribution in [-0.4, -0.2) is 42.8 Å². The Morgan fingerprint density at radius 2 is 2.21 bits per heavy atom. The highest BCUT2D eigenvalue weighted by Gasteiger charge is 2.29. The molecule has 1 fully saturated rings. The van der Waals surface area contributed by atoms with Crippen molar-refractivity contribution in [1.29, 1.82) is 0 Å². The number of hydrogen-bond donors (Lipinski definition) is 2. The number of rotatable bonds is 5. The van der Waals surface area contributed by atoms with Gasteiger partial charge in [0.1, 0.15) is 0 Å². The molecule has 0 amide bonds. The molecule has 0 aromatic carbocycles. The van der Waals surface area contributed by atoms with Crippen LogP contribution in [0, 0.1) is 11.8 Å². The minimum absolute atomic E-state index is 0.282. The monoisotopic (exact) mass is 200 g/mol. The predicted octanol–water partition coefficient (Wildman–Crippen LogP) is 0.674. The number of aliphatic hydroxyl groups is 1. The molecule has 1 rings (SSSR count). The Hall–Kier alpha value is -0.120. The molecule has 0 aromatic rings. The molecule has 1 aliphatic carbocycles. The first-order valence-corrected chi connectivity index (χ1v) is 5.70. The smallest absolute Gasteiger partial charge is 0.0468 e. The van der Waals surface area contributed by atoms with E-state index in [0.717, 1.165) is 13.1 Å². The second-order valence-corrected chi connectivity index (χ2v) is 4.72. The average Bonchev–Trinajstić information content (AvgIpc) is 2.65. The fraction of sp³-hybridized carbons (Fsp3) is 1.00. The van der Waals surface area contributed by atoms with E-state index in [0.29, 0.717) is 17.9 Å². The number of hydrogen-bond acceptors (Lipinski definition) is 3. The van der Waals surface area contributed by atoms with Gasteiger partial charge in [0, 0.05) is 19.2 Å². The highest BCUT2D eigenvalue weighted by molar-refractivity contribution is 4.85. The Morgan fingerprint density at radius 1 is 1.50 bits per heavy atom. The number of nitrogens with zero attached hydrogens (tertiary/aromatic N) is 1. The van der Waals surface area contributed by atoms with Crippen LogP contribution < -0.4 is 5.73 Å². The summed E-state index contributed by atoms with van der Waals surface area (Å²) >= 11 is 0. The first-order valence-electron chi connectivity index (χ1n) is 5.70. The molecular formula is C11H24N2O. The Balaban J connectivity index is 2.38. The van der Waals surface area contributed by atoms with Gasteiger partial charge in [0.05, 0.1) is 0 Å². The van der Waals surface area contributed by atoms with Crippen molar-refractivity contribution in [2.24, 2.45) is 17.6 Å². The fourth-order valence-electron chi connectivity index (χ4n) is 2.56. The Bertz CT molecular complexity index is 163. The number of aliphatic hydroxyl groups excluding tert-OH is 1. The topological polar surface area (TPSA) is 49.5 Å². The second-order valence-electron chi connectivity index (χ2n) is 4.72. The highest BCUT2D eigenvalue weighted by atomic mass is 16.3. The molecule has 1 saturated carbocycles. The molecule has 0 bridgehead atoms. The van der Waals surface area contributed by atoms with Crippen LogP contribution in [-0.2, 0) is 0 Å². The van der Waals surface area contributed by atoms with Crippen LogP contribution in [0.25, 0.3) is 0 Å². The van der Waals surface area contributed by atoms with Crippen LogP contribution >= 0.6 is 0 Å². The van der Waals surface area contributed by atoms with Crippen LogP contribution in [0.1, 0.15) is 26.2 Å². The maximum Gasteiger partial charge on any atom is 0.0468 e. The third-order valence-corrected chi connectivity index (χ3v) is 3.40. The molecule has 0 aromatic heterocycles. The summed E-state index contributed by atoms with van der Waals surface area (Å²) in [6.07, 6.45) is 3.86. The largest absolute Gasteiger partial charge is 0.396 e. The molecule has 0 aliphatic heterocycles. The maximum atomic E-state index is 9.00. The van der Waals surface area contributed by atoms with Crippen molar-refractivity contribution >= 4 is 0 Å². The van der Waals surface area contributed by atoms with Gasteiger partial charge in [-0.05, 0) is 38.3 Å². The molecule has 3 atom stereocenters. The third kappa shape index (κ3) is 2.94. The summed E-state index contributed by atoms with van der Waals surface area (Å²) in [5.74, 6) is 1.05. The van der Waals surface area contributed by atoms with Gasteiger partial charge in [-0.1, -0.05) is 13.3 Å². The zero-order valence-electron chi connectivity index (χ0n) is 9.45. The van der Waals surface area contributed by atoms with Crippen molar-refractivity contribution < 1.29 is 5.11 Å². The summed E-state index contributed by atoms with van der Waals surface area (Å²) in [7, 11) is 2.16. The van der Waals surface area contributed by atoms with E-state index in [9.17, 15) is 0 Å². The minimum Gasteiger partial charge on any atom is -0.396 e. The summed E-state index contributed by atoms with van der Waals surface area (Å²) < 4.78 is 0. The van der Waals surface area contributed by atoms with Crippen LogP contribution in [0.3, 0.4) is 0 Å². The molecule has 84 valence electrons. The van der Waals surface area contributed by atoms with Crippen molar-refractivity contribution in [3.63, 3.8) is 0 Å². The molecule has 3 nitrogen and oxygen atoms in total. The summed E-state index contributed by atoms with van der Waals surface area (Å²) in [6.45, 7) is 4.16. The van der Waals surface area contributed by atoms with Crippen molar-refractivity contribution in [3.05, 3.63) is 0 Å². The van der Waals surface area contributed by atoms with Gasteiger partial charge in [-0.3, -0.25) is 0 Å². The van der Waals surface area contributed by atoms with E-state index >= 15 is 0 Å². The minimum atomic E-state index is 0.282. The molecule has 0 heterocycles. The van der Waals surface area contributed by atoms with Gasteiger partial charge in [0.2, 0.25) is 0 Å². The second kappa shape index (κ2) is 5.69. The summed E-state index contributed by atoms with van der Waals surface area (Å²) in [5, 5.41) is 9.00. The van der Waals surface area contributed by atoms with E-state index in [-0.39, 0.29) is 6.61 Å². The Morgan fingerprint density at radius 3 is 2.79 bits per heavy atom. The first kappa shape index (κ1) is 12.0. The predicted molar refractivity (Wildman–Crippen MR) is 59.1 cm³/mol. The van der Waals surface area contributed by atoms with Gasteiger partial charge in [0.15, 0.2) is 0 Å². The average molecular weight is 200 g/mol. The summed E-state index contributed by atoms with van der Waals surface area (Å²) in [5.41, 5.74) is 5.75. The van der Waals surface area contributed by atoms with Gasteiger partial charge in [-0.25, -0.2) is 0 Å². The van der Waals surface area contributed by atoms with Crippen molar-refractivity contribution in [2.75, 3.05) is 26.7 Å². The van der Waals surface area contributed by atoms with Crippen LogP contribution in [0.4, 0.5) is 0 Å². The van der Waals surface area contributed by atoms with Crippen LogP contribution in [0.15, 0.2) is 0 Å². The molecule has 0 radical (unpaired) electrons. The van der Waals surface area contributed by atoms with E-state index in [4.69, 9.17) is 10.8 Å². The van der Waals surface area contributed by atoms with Gasteiger partial charge in [0.25, 0.3) is 0 Å². The molecular weight excluding hydrogens is 176 g/mol. The summed E-state index contributed by atoms with van der Waals surface area (Å²) in [4.78, 5) is 2.38. The molecule has 3 N–H and O–H groups in total. The quantitative estimate of drug-likeness (QED) is 0.686. The van der Waals surface area contributed by atoms with E-state index in [1.165, 1.54) is 19.3 Å². The standard InChI is InChI=1S/C11H24N2O/c1-9(8-14)7-13(2)11-5-3-4-10(11)6-12/h9-11,14H,3-8,12H2,1-2H3. The lowest BCUT2D eigenvalue weighted by Crippen LogP contribution is -2.40. The molecule has 0 spiro atoms.